The second-order valence-electron chi connectivity index (χ2n) is 6.28. The summed E-state index contributed by atoms with van der Waals surface area (Å²) in [6, 6.07) is 4.94. The van der Waals surface area contributed by atoms with E-state index in [0.29, 0.717) is 35.3 Å². The lowest BCUT2D eigenvalue weighted by molar-refractivity contribution is -0.117. The fourth-order valence-corrected chi connectivity index (χ4v) is 3.57. The van der Waals surface area contributed by atoms with Crippen LogP contribution in [-0.2, 0) is 9.53 Å². The van der Waals surface area contributed by atoms with Gasteiger partial charge in [-0.05, 0) is 31.0 Å². The van der Waals surface area contributed by atoms with Crippen molar-refractivity contribution in [2.75, 3.05) is 39.2 Å². The predicted molar refractivity (Wildman–Crippen MR) is 105 cm³/mol. The summed E-state index contributed by atoms with van der Waals surface area (Å²) in [5, 5.41) is 4.99. The quantitative estimate of drug-likeness (QED) is 0.725. The summed E-state index contributed by atoms with van der Waals surface area (Å²) in [6.07, 6.45) is 3.36. The number of ether oxygens (including phenoxy) is 3. The van der Waals surface area contributed by atoms with Crippen LogP contribution in [0.1, 0.15) is 23.2 Å². The number of methoxy groups -OCH3 is 2. The van der Waals surface area contributed by atoms with E-state index in [1.54, 1.807) is 29.8 Å². The van der Waals surface area contributed by atoms with Crippen LogP contribution in [0.4, 0.5) is 5.13 Å². The summed E-state index contributed by atoms with van der Waals surface area (Å²) >= 11 is 1.32. The molecular weight excluding hydrogens is 382 g/mol. The first-order chi connectivity index (χ1) is 13.6. The summed E-state index contributed by atoms with van der Waals surface area (Å²) in [7, 11) is 3.05. The van der Waals surface area contributed by atoms with Crippen LogP contribution >= 0.6 is 11.3 Å². The van der Waals surface area contributed by atoms with Crippen molar-refractivity contribution in [1.29, 1.82) is 0 Å². The van der Waals surface area contributed by atoms with Crippen LogP contribution in [0.15, 0.2) is 29.8 Å². The third-order valence-corrected chi connectivity index (χ3v) is 5.07. The van der Waals surface area contributed by atoms with Crippen molar-refractivity contribution in [2.24, 2.45) is 0 Å². The Hall–Kier alpha value is -2.65. The van der Waals surface area contributed by atoms with Gasteiger partial charge in [0.1, 0.15) is 6.54 Å². The Kier molecular flexibility index (Phi) is 6.83. The number of thiazole rings is 1. The van der Waals surface area contributed by atoms with Crippen molar-refractivity contribution in [1.82, 2.24) is 9.88 Å². The number of rotatable bonds is 8. The monoisotopic (exact) mass is 405 g/mol. The number of amides is 2. The summed E-state index contributed by atoms with van der Waals surface area (Å²) in [6.45, 7) is 0.930. The SMILES string of the molecule is COc1ccc(C(=O)N(CC(=O)Nc2nccs2)CC2CCCO2)cc1OC. The van der Waals surface area contributed by atoms with Gasteiger partial charge < -0.3 is 24.4 Å². The molecule has 0 saturated carbocycles. The van der Waals surface area contributed by atoms with Crippen LogP contribution in [0.25, 0.3) is 0 Å². The normalized spacial score (nSPS) is 15.9. The molecule has 2 aromatic rings. The largest absolute Gasteiger partial charge is 0.493 e. The average molecular weight is 405 g/mol. The Morgan fingerprint density at radius 1 is 1.32 bits per heavy atom. The first kappa shape index (κ1) is 20.1. The van der Waals surface area contributed by atoms with Crippen molar-refractivity contribution in [3.05, 3.63) is 35.3 Å². The number of aromatic nitrogens is 1. The highest BCUT2D eigenvalue weighted by Crippen LogP contribution is 2.28. The maximum Gasteiger partial charge on any atom is 0.254 e. The van der Waals surface area contributed by atoms with Crippen LogP contribution in [0.5, 0.6) is 11.5 Å². The van der Waals surface area contributed by atoms with Gasteiger partial charge in [-0.15, -0.1) is 11.3 Å². The first-order valence-corrected chi connectivity index (χ1v) is 9.81. The zero-order chi connectivity index (χ0) is 19.9. The topological polar surface area (TPSA) is 90.0 Å². The smallest absolute Gasteiger partial charge is 0.254 e. The molecule has 1 N–H and O–H groups in total. The molecule has 1 unspecified atom stereocenters. The van der Waals surface area contributed by atoms with Gasteiger partial charge in [0, 0.05) is 30.3 Å². The van der Waals surface area contributed by atoms with Crippen molar-refractivity contribution in [2.45, 2.75) is 18.9 Å². The zero-order valence-corrected chi connectivity index (χ0v) is 16.7. The van der Waals surface area contributed by atoms with Gasteiger partial charge >= 0.3 is 0 Å². The molecule has 9 heteroatoms. The molecule has 1 atom stereocenters. The third kappa shape index (κ3) is 4.99. The second kappa shape index (κ2) is 9.52. The Labute approximate surface area is 167 Å². The minimum Gasteiger partial charge on any atom is -0.493 e. The molecule has 150 valence electrons. The van der Waals surface area contributed by atoms with Gasteiger partial charge in [-0.25, -0.2) is 4.98 Å². The molecule has 0 aliphatic carbocycles. The molecule has 8 nitrogen and oxygen atoms in total. The zero-order valence-electron chi connectivity index (χ0n) is 15.8. The Balaban J connectivity index is 1.76. The van der Waals surface area contributed by atoms with E-state index in [2.05, 4.69) is 10.3 Å². The third-order valence-electron chi connectivity index (χ3n) is 4.38. The van der Waals surface area contributed by atoms with Crippen molar-refractivity contribution in [3.8, 4) is 11.5 Å². The van der Waals surface area contributed by atoms with Crippen LogP contribution in [0.2, 0.25) is 0 Å². The van der Waals surface area contributed by atoms with Crippen molar-refractivity contribution < 1.29 is 23.8 Å². The van der Waals surface area contributed by atoms with Gasteiger partial charge in [0.25, 0.3) is 5.91 Å². The first-order valence-electron chi connectivity index (χ1n) is 8.93. The Morgan fingerprint density at radius 3 is 2.79 bits per heavy atom. The number of hydrogen-bond acceptors (Lipinski definition) is 7. The average Bonchev–Trinajstić information content (AvgIpc) is 3.40. The fraction of sp³-hybridized carbons (Fsp3) is 0.421. The summed E-state index contributed by atoms with van der Waals surface area (Å²) in [4.78, 5) is 31.1. The summed E-state index contributed by atoms with van der Waals surface area (Å²) in [5.74, 6) is 0.413. The van der Waals surface area contributed by atoms with Gasteiger partial charge in [-0.2, -0.15) is 0 Å². The van der Waals surface area contributed by atoms with Crippen molar-refractivity contribution in [3.63, 3.8) is 0 Å². The van der Waals surface area contributed by atoms with E-state index in [-0.39, 0.29) is 24.5 Å². The molecule has 0 bridgehead atoms. The molecule has 1 fully saturated rings. The summed E-state index contributed by atoms with van der Waals surface area (Å²) in [5.41, 5.74) is 0.415. The van der Waals surface area contributed by atoms with Gasteiger partial charge in [-0.1, -0.05) is 0 Å². The van der Waals surface area contributed by atoms with Crippen molar-refractivity contribution >= 4 is 28.3 Å². The molecule has 1 aromatic heterocycles. The fourth-order valence-electron chi connectivity index (χ4n) is 3.02. The minimum absolute atomic E-state index is 0.0724. The van der Waals surface area contributed by atoms with E-state index in [1.165, 1.54) is 30.5 Å². The Bertz CT molecular complexity index is 806. The number of nitrogens with one attached hydrogen (secondary N) is 1. The summed E-state index contributed by atoms with van der Waals surface area (Å²) < 4.78 is 16.2. The van der Waals surface area contributed by atoms with Gasteiger partial charge in [-0.3, -0.25) is 9.59 Å². The molecule has 28 heavy (non-hydrogen) atoms. The lowest BCUT2D eigenvalue weighted by Crippen LogP contribution is -2.42. The number of nitrogens with zero attached hydrogens (tertiary/aromatic N) is 2. The van der Waals surface area contributed by atoms with E-state index in [9.17, 15) is 9.59 Å². The molecule has 1 saturated heterocycles. The van der Waals surface area contributed by atoms with Crippen LogP contribution in [0.3, 0.4) is 0 Å². The minimum atomic E-state index is -0.304. The molecule has 1 aliphatic heterocycles. The number of carbonyl (C=O) groups excluding carboxylic acids is 2. The van der Waals surface area contributed by atoms with Gasteiger partial charge in [0.05, 0.1) is 20.3 Å². The molecular formula is C19H23N3O5S. The highest BCUT2D eigenvalue weighted by molar-refractivity contribution is 7.13. The van der Waals surface area contributed by atoms with E-state index in [4.69, 9.17) is 14.2 Å². The van der Waals surface area contributed by atoms with E-state index in [0.717, 1.165) is 12.8 Å². The highest BCUT2D eigenvalue weighted by atomic mass is 32.1. The van der Waals surface area contributed by atoms with Crippen LogP contribution in [-0.4, -0.2) is 61.7 Å². The lowest BCUT2D eigenvalue weighted by Gasteiger charge is -2.25. The molecule has 1 aliphatic rings. The standard InChI is InChI=1S/C19H23N3O5S/c1-25-15-6-5-13(10-16(15)26-2)18(24)22(11-14-4-3-8-27-14)12-17(23)21-19-20-7-9-28-19/h5-7,9-10,14H,3-4,8,11-12H2,1-2H3,(H,20,21,23). The second-order valence-corrected chi connectivity index (χ2v) is 7.17. The molecule has 3 rings (SSSR count). The number of anilines is 1. The molecule has 0 spiro atoms. The van der Waals surface area contributed by atoms with Crippen LogP contribution in [0, 0.1) is 0 Å². The lowest BCUT2D eigenvalue weighted by atomic mass is 10.1. The molecule has 0 radical (unpaired) electrons. The number of carbonyl (C=O) groups is 2. The maximum absolute atomic E-state index is 13.1. The van der Waals surface area contributed by atoms with E-state index < -0.39 is 0 Å². The number of hydrogen-bond donors (Lipinski definition) is 1. The van der Waals surface area contributed by atoms with E-state index >= 15 is 0 Å². The molecule has 2 heterocycles. The Morgan fingerprint density at radius 2 is 2.14 bits per heavy atom. The highest BCUT2D eigenvalue weighted by Gasteiger charge is 2.26. The van der Waals surface area contributed by atoms with Gasteiger partial charge in [0.2, 0.25) is 5.91 Å². The predicted octanol–water partition coefficient (Wildman–Crippen LogP) is 2.42. The van der Waals surface area contributed by atoms with E-state index in [1.807, 2.05) is 0 Å². The molecule has 2 amide bonds. The molecule has 1 aromatic carbocycles. The maximum atomic E-state index is 13.1. The van der Waals surface area contributed by atoms with Crippen LogP contribution < -0.4 is 14.8 Å². The number of benzene rings is 1. The van der Waals surface area contributed by atoms with Gasteiger partial charge in [0.15, 0.2) is 16.6 Å².